The van der Waals surface area contributed by atoms with E-state index in [1.54, 1.807) is 11.3 Å². The minimum absolute atomic E-state index is 0.152. The van der Waals surface area contributed by atoms with Gasteiger partial charge >= 0.3 is 0 Å². The lowest BCUT2D eigenvalue weighted by Crippen LogP contribution is -2.26. The van der Waals surface area contributed by atoms with E-state index in [4.69, 9.17) is 5.73 Å². The molecule has 0 saturated carbocycles. The Hall–Kier alpha value is -0.380. The zero-order valence-electron chi connectivity index (χ0n) is 9.95. The highest BCUT2D eigenvalue weighted by Gasteiger charge is 2.21. The predicted octanol–water partition coefficient (Wildman–Crippen LogP) is 2.82. The van der Waals surface area contributed by atoms with Crippen molar-refractivity contribution in [3.05, 3.63) is 21.9 Å². The minimum Gasteiger partial charge on any atom is -0.386 e. The van der Waals surface area contributed by atoms with Crippen LogP contribution in [0.25, 0.3) is 0 Å². The second-order valence-electron chi connectivity index (χ2n) is 4.97. The Labute approximate surface area is 96.1 Å². The van der Waals surface area contributed by atoms with Crippen molar-refractivity contribution in [2.45, 2.75) is 51.7 Å². The topological polar surface area (TPSA) is 46.2 Å². The molecule has 0 fully saturated rings. The molecule has 1 aromatic rings. The maximum absolute atomic E-state index is 9.95. The molecule has 1 rings (SSSR count). The van der Waals surface area contributed by atoms with E-state index in [9.17, 15) is 5.11 Å². The predicted molar refractivity (Wildman–Crippen MR) is 66.2 cm³/mol. The molecule has 2 atom stereocenters. The Balaban J connectivity index is 2.85. The third-order valence-electron chi connectivity index (χ3n) is 2.53. The molecule has 1 aromatic heterocycles. The highest BCUT2D eigenvalue weighted by atomic mass is 32.1. The van der Waals surface area contributed by atoms with Gasteiger partial charge in [0.1, 0.15) is 6.10 Å². The van der Waals surface area contributed by atoms with E-state index >= 15 is 0 Å². The largest absolute Gasteiger partial charge is 0.386 e. The van der Waals surface area contributed by atoms with Crippen LogP contribution >= 0.6 is 11.3 Å². The number of nitrogens with two attached hydrogens (primary N) is 1. The molecule has 0 aliphatic rings. The van der Waals surface area contributed by atoms with Gasteiger partial charge in [0.25, 0.3) is 0 Å². The molecule has 0 bridgehead atoms. The van der Waals surface area contributed by atoms with E-state index in [1.807, 2.05) is 13.0 Å². The molecule has 2 unspecified atom stereocenters. The van der Waals surface area contributed by atoms with Crippen LogP contribution in [0.2, 0.25) is 0 Å². The van der Waals surface area contributed by atoms with Gasteiger partial charge in [0.15, 0.2) is 0 Å². The molecule has 3 heteroatoms. The Kier molecular flexibility index (Phi) is 3.93. The lowest BCUT2D eigenvalue weighted by molar-refractivity contribution is 0.148. The normalized spacial score (nSPS) is 16.4. The molecule has 0 aliphatic carbocycles. The standard InChI is InChI=1S/C12H21NOS/c1-5-8(13)11(14)9-6-7-10(15-9)12(2,3)4/h6-8,11,14H,5,13H2,1-4H3. The summed E-state index contributed by atoms with van der Waals surface area (Å²) < 4.78 is 0. The molecular weight excluding hydrogens is 206 g/mol. The van der Waals surface area contributed by atoms with Gasteiger partial charge in [-0.1, -0.05) is 27.7 Å². The van der Waals surface area contributed by atoms with Crippen molar-refractivity contribution in [1.29, 1.82) is 0 Å². The van der Waals surface area contributed by atoms with Crippen LogP contribution in [0.1, 0.15) is 50.0 Å². The van der Waals surface area contributed by atoms with Crippen LogP contribution in [-0.4, -0.2) is 11.1 Å². The fourth-order valence-electron chi connectivity index (χ4n) is 1.35. The van der Waals surface area contributed by atoms with Crippen LogP contribution in [-0.2, 0) is 5.41 Å². The van der Waals surface area contributed by atoms with Crippen molar-refractivity contribution in [2.24, 2.45) is 5.73 Å². The number of rotatable bonds is 3. The molecule has 0 aliphatic heterocycles. The summed E-state index contributed by atoms with van der Waals surface area (Å²) in [4.78, 5) is 2.27. The molecular formula is C12H21NOS. The van der Waals surface area contributed by atoms with E-state index in [0.29, 0.717) is 0 Å². The van der Waals surface area contributed by atoms with Crippen molar-refractivity contribution in [2.75, 3.05) is 0 Å². The van der Waals surface area contributed by atoms with Gasteiger partial charge in [-0.25, -0.2) is 0 Å². The summed E-state index contributed by atoms with van der Waals surface area (Å²) in [5, 5.41) is 9.95. The van der Waals surface area contributed by atoms with E-state index < -0.39 is 6.10 Å². The van der Waals surface area contributed by atoms with Crippen LogP contribution in [0, 0.1) is 0 Å². The first-order valence-corrected chi connectivity index (χ1v) is 6.21. The van der Waals surface area contributed by atoms with Crippen molar-refractivity contribution in [3.8, 4) is 0 Å². The van der Waals surface area contributed by atoms with Crippen molar-refractivity contribution >= 4 is 11.3 Å². The van der Waals surface area contributed by atoms with Crippen LogP contribution in [0.3, 0.4) is 0 Å². The van der Waals surface area contributed by atoms with Gasteiger partial charge in [-0.15, -0.1) is 11.3 Å². The molecule has 3 N–H and O–H groups in total. The van der Waals surface area contributed by atoms with Crippen LogP contribution in [0.5, 0.6) is 0 Å². The summed E-state index contributed by atoms with van der Waals surface area (Å²) in [6.45, 7) is 8.52. The van der Waals surface area contributed by atoms with Crippen molar-refractivity contribution in [1.82, 2.24) is 0 Å². The summed E-state index contributed by atoms with van der Waals surface area (Å²) in [5.74, 6) is 0. The lowest BCUT2D eigenvalue weighted by atomic mass is 9.95. The van der Waals surface area contributed by atoms with E-state index in [2.05, 4.69) is 26.8 Å². The van der Waals surface area contributed by atoms with Gasteiger partial charge in [-0.3, -0.25) is 0 Å². The van der Waals surface area contributed by atoms with Crippen LogP contribution in [0.4, 0.5) is 0 Å². The Bertz CT molecular complexity index is 314. The molecule has 2 nitrogen and oxygen atoms in total. The Morgan fingerprint density at radius 3 is 2.40 bits per heavy atom. The Morgan fingerprint density at radius 2 is 2.00 bits per heavy atom. The minimum atomic E-state index is -0.518. The maximum Gasteiger partial charge on any atom is 0.103 e. The van der Waals surface area contributed by atoms with E-state index in [1.165, 1.54) is 4.88 Å². The fourth-order valence-corrected chi connectivity index (χ4v) is 2.48. The number of aliphatic hydroxyl groups is 1. The Morgan fingerprint density at radius 1 is 1.40 bits per heavy atom. The highest BCUT2D eigenvalue weighted by Crippen LogP contribution is 2.33. The van der Waals surface area contributed by atoms with E-state index in [0.717, 1.165) is 11.3 Å². The zero-order valence-corrected chi connectivity index (χ0v) is 10.8. The summed E-state index contributed by atoms with van der Waals surface area (Å²) in [7, 11) is 0. The van der Waals surface area contributed by atoms with Gasteiger partial charge < -0.3 is 10.8 Å². The van der Waals surface area contributed by atoms with Crippen molar-refractivity contribution < 1.29 is 5.11 Å². The number of hydrogen-bond donors (Lipinski definition) is 2. The molecule has 0 spiro atoms. The van der Waals surface area contributed by atoms with Gasteiger partial charge in [0, 0.05) is 15.8 Å². The number of aliphatic hydroxyl groups excluding tert-OH is 1. The second kappa shape index (κ2) is 4.64. The number of hydrogen-bond acceptors (Lipinski definition) is 3. The van der Waals surface area contributed by atoms with Crippen LogP contribution < -0.4 is 5.73 Å². The maximum atomic E-state index is 9.95. The SMILES string of the molecule is CCC(N)C(O)c1ccc(C(C)(C)C)s1. The fraction of sp³-hybridized carbons (Fsp3) is 0.667. The third-order valence-corrected chi connectivity index (χ3v) is 4.12. The first kappa shape index (κ1) is 12.7. The third kappa shape index (κ3) is 3.03. The zero-order chi connectivity index (χ0) is 11.6. The summed E-state index contributed by atoms with van der Waals surface area (Å²) >= 11 is 1.66. The first-order valence-electron chi connectivity index (χ1n) is 5.40. The summed E-state index contributed by atoms with van der Waals surface area (Å²) in [5.41, 5.74) is 5.98. The van der Waals surface area contributed by atoms with Gasteiger partial charge in [-0.2, -0.15) is 0 Å². The van der Waals surface area contributed by atoms with Crippen molar-refractivity contribution in [3.63, 3.8) is 0 Å². The molecule has 0 radical (unpaired) electrons. The quantitative estimate of drug-likeness (QED) is 0.834. The lowest BCUT2D eigenvalue weighted by Gasteiger charge is -2.17. The molecule has 0 amide bonds. The summed E-state index contributed by atoms with van der Waals surface area (Å²) in [6.07, 6.45) is 0.278. The van der Waals surface area contributed by atoms with Gasteiger partial charge in [0.2, 0.25) is 0 Å². The van der Waals surface area contributed by atoms with Gasteiger partial charge in [0.05, 0.1) is 0 Å². The second-order valence-corrected chi connectivity index (χ2v) is 6.08. The first-order chi connectivity index (χ1) is 6.86. The highest BCUT2D eigenvalue weighted by molar-refractivity contribution is 7.12. The molecule has 0 saturated heterocycles. The smallest absolute Gasteiger partial charge is 0.103 e. The van der Waals surface area contributed by atoms with Gasteiger partial charge in [-0.05, 0) is 24.0 Å². The molecule has 0 aromatic carbocycles. The van der Waals surface area contributed by atoms with Crippen LogP contribution in [0.15, 0.2) is 12.1 Å². The van der Waals surface area contributed by atoms with E-state index in [-0.39, 0.29) is 11.5 Å². The summed E-state index contributed by atoms with van der Waals surface area (Å²) in [6, 6.07) is 3.92. The average Bonchev–Trinajstić information content (AvgIpc) is 2.63. The number of thiophene rings is 1. The molecule has 15 heavy (non-hydrogen) atoms. The molecule has 86 valence electrons. The monoisotopic (exact) mass is 227 g/mol. The molecule has 1 heterocycles. The average molecular weight is 227 g/mol.